The Balaban J connectivity index is 2.15. The molecule has 0 saturated heterocycles. The van der Waals surface area contributed by atoms with Crippen molar-refractivity contribution in [3.05, 3.63) is 17.8 Å². The Morgan fingerprint density at radius 2 is 2.06 bits per heavy atom. The zero-order valence-electron chi connectivity index (χ0n) is 11.1. The standard InChI is InChI=1S/C14H21NO2/c1-5-10-8-12(16-11-6-7-11)9-15-13(10)17-14(2,3)4/h8-9,11H,5-7H2,1-4H3. The molecule has 1 saturated carbocycles. The van der Waals surface area contributed by atoms with E-state index in [-0.39, 0.29) is 5.60 Å². The largest absolute Gasteiger partial charge is 0.489 e. The highest BCUT2D eigenvalue weighted by atomic mass is 16.5. The van der Waals surface area contributed by atoms with Crippen LogP contribution >= 0.6 is 0 Å². The van der Waals surface area contributed by atoms with Crippen LogP contribution in [0.2, 0.25) is 0 Å². The third-order valence-electron chi connectivity index (χ3n) is 2.51. The van der Waals surface area contributed by atoms with Crippen LogP contribution in [0.3, 0.4) is 0 Å². The summed E-state index contributed by atoms with van der Waals surface area (Å²) in [5, 5.41) is 0. The van der Waals surface area contributed by atoms with Gasteiger partial charge in [-0.25, -0.2) is 4.98 Å². The zero-order chi connectivity index (χ0) is 12.5. The van der Waals surface area contributed by atoms with Crippen LogP contribution in [0.25, 0.3) is 0 Å². The van der Waals surface area contributed by atoms with Crippen LogP contribution in [0.1, 0.15) is 46.1 Å². The van der Waals surface area contributed by atoms with E-state index in [1.807, 2.05) is 26.8 Å². The predicted molar refractivity (Wildman–Crippen MR) is 67.6 cm³/mol. The van der Waals surface area contributed by atoms with Gasteiger partial charge in [-0.2, -0.15) is 0 Å². The van der Waals surface area contributed by atoms with Crippen LogP contribution in [-0.4, -0.2) is 16.7 Å². The summed E-state index contributed by atoms with van der Waals surface area (Å²) < 4.78 is 11.6. The Morgan fingerprint density at radius 1 is 1.35 bits per heavy atom. The molecule has 0 aromatic carbocycles. The van der Waals surface area contributed by atoms with E-state index >= 15 is 0 Å². The molecular weight excluding hydrogens is 214 g/mol. The average molecular weight is 235 g/mol. The molecule has 1 heterocycles. The summed E-state index contributed by atoms with van der Waals surface area (Å²) in [5.74, 6) is 1.59. The minimum atomic E-state index is -0.213. The van der Waals surface area contributed by atoms with Gasteiger partial charge in [0.25, 0.3) is 0 Å². The van der Waals surface area contributed by atoms with Crippen LogP contribution < -0.4 is 9.47 Å². The molecule has 2 rings (SSSR count). The Bertz CT molecular complexity index is 392. The van der Waals surface area contributed by atoms with Gasteiger partial charge in [0, 0.05) is 5.56 Å². The molecule has 0 N–H and O–H groups in total. The van der Waals surface area contributed by atoms with Gasteiger partial charge in [-0.15, -0.1) is 0 Å². The molecule has 0 amide bonds. The average Bonchev–Trinajstić information content (AvgIpc) is 3.02. The number of pyridine rings is 1. The number of aromatic nitrogens is 1. The van der Waals surface area contributed by atoms with Crippen molar-refractivity contribution in [2.45, 2.75) is 58.7 Å². The number of rotatable bonds is 4. The van der Waals surface area contributed by atoms with Crippen molar-refractivity contribution in [1.82, 2.24) is 4.98 Å². The van der Waals surface area contributed by atoms with E-state index in [1.54, 1.807) is 6.20 Å². The van der Waals surface area contributed by atoms with Gasteiger partial charge in [0.15, 0.2) is 0 Å². The highest BCUT2D eigenvalue weighted by Crippen LogP contribution is 2.30. The molecule has 94 valence electrons. The van der Waals surface area contributed by atoms with Crippen LogP contribution in [0.4, 0.5) is 0 Å². The van der Waals surface area contributed by atoms with Crippen molar-refractivity contribution in [3.8, 4) is 11.6 Å². The van der Waals surface area contributed by atoms with Gasteiger partial charge in [0.2, 0.25) is 5.88 Å². The molecule has 0 unspecified atom stereocenters. The van der Waals surface area contributed by atoms with Gasteiger partial charge in [-0.05, 0) is 46.1 Å². The molecule has 0 bridgehead atoms. The molecule has 0 radical (unpaired) electrons. The molecule has 1 aromatic heterocycles. The maximum absolute atomic E-state index is 5.83. The smallest absolute Gasteiger partial charge is 0.217 e. The first-order chi connectivity index (χ1) is 7.98. The predicted octanol–water partition coefficient (Wildman–Crippen LogP) is 3.36. The molecule has 1 aliphatic rings. The highest BCUT2D eigenvalue weighted by Gasteiger charge is 2.24. The van der Waals surface area contributed by atoms with Crippen molar-refractivity contribution < 1.29 is 9.47 Å². The summed E-state index contributed by atoms with van der Waals surface area (Å²) in [4.78, 5) is 4.37. The molecule has 3 nitrogen and oxygen atoms in total. The number of hydrogen-bond donors (Lipinski definition) is 0. The summed E-state index contributed by atoms with van der Waals surface area (Å²) in [6, 6.07) is 2.05. The Morgan fingerprint density at radius 3 is 2.59 bits per heavy atom. The quantitative estimate of drug-likeness (QED) is 0.802. The normalized spacial score (nSPS) is 15.8. The van der Waals surface area contributed by atoms with Crippen molar-refractivity contribution in [2.75, 3.05) is 0 Å². The molecular formula is C14H21NO2. The third kappa shape index (κ3) is 3.62. The summed E-state index contributed by atoms with van der Waals surface area (Å²) in [7, 11) is 0. The first-order valence-electron chi connectivity index (χ1n) is 6.32. The fourth-order valence-corrected chi connectivity index (χ4v) is 1.55. The lowest BCUT2D eigenvalue weighted by Crippen LogP contribution is -2.24. The number of hydrogen-bond acceptors (Lipinski definition) is 3. The summed E-state index contributed by atoms with van der Waals surface area (Å²) in [6.07, 6.45) is 5.42. The van der Waals surface area contributed by atoms with E-state index in [0.717, 1.165) is 23.6 Å². The molecule has 0 aliphatic heterocycles. The minimum absolute atomic E-state index is 0.213. The first kappa shape index (κ1) is 12.2. The number of nitrogens with zero attached hydrogens (tertiary/aromatic N) is 1. The topological polar surface area (TPSA) is 31.4 Å². The van der Waals surface area contributed by atoms with Crippen LogP contribution in [0.5, 0.6) is 11.6 Å². The SMILES string of the molecule is CCc1cc(OC2CC2)cnc1OC(C)(C)C. The maximum atomic E-state index is 5.83. The second kappa shape index (κ2) is 4.55. The molecule has 1 aliphatic carbocycles. The zero-order valence-corrected chi connectivity index (χ0v) is 11.1. The summed E-state index contributed by atoms with van der Waals surface area (Å²) in [5.41, 5.74) is 0.897. The van der Waals surface area contributed by atoms with Crippen molar-refractivity contribution in [1.29, 1.82) is 0 Å². The van der Waals surface area contributed by atoms with E-state index in [2.05, 4.69) is 11.9 Å². The van der Waals surface area contributed by atoms with E-state index in [1.165, 1.54) is 12.8 Å². The van der Waals surface area contributed by atoms with Gasteiger partial charge in [-0.1, -0.05) is 6.92 Å². The van der Waals surface area contributed by atoms with Gasteiger partial charge < -0.3 is 9.47 Å². The number of ether oxygens (including phenoxy) is 2. The maximum Gasteiger partial charge on any atom is 0.217 e. The minimum Gasteiger partial charge on any atom is -0.489 e. The van der Waals surface area contributed by atoms with Crippen LogP contribution in [-0.2, 0) is 6.42 Å². The van der Waals surface area contributed by atoms with Gasteiger partial charge in [-0.3, -0.25) is 0 Å². The molecule has 17 heavy (non-hydrogen) atoms. The molecule has 1 fully saturated rings. The Labute approximate surface area is 103 Å². The van der Waals surface area contributed by atoms with Crippen molar-refractivity contribution in [2.24, 2.45) is 0 Å². The van der Waals surface area contributed by atoms with E-state index < -0.39 is 0 Å². The third-order valence-corrected chi connectivity index (χ3v) is 2.51. The molecule has 0 spiro atoms. The highest BCUT2D eigenvalue weighted by molar-refractivity contribution is 5.34. The lowest BCUT2D eigenvalue weighted by Gasteiger charge is -2.22. The van der Waals surface area contributed by atoms with Gasteiger partial charge in [0.05, 0.1) is 12.3 Å². The lowest BCUT2D eigenvalue weighted by atomic mass is 10.1. The van der Waals surface area contributed by atoms with Crippen molar-refractivity contribution in [3.63, 3.8) is 0 Å². The second-order valence-electron chi connectivity index (χ2n) is 5.52. The van der Waals surface area contributed by atoms with Crippen LogP contribution in [0.15, 0.2) is 12.3 Å². The van der Waals surface area contributed by atoms with Gasteiger partial charge in [0.1, 0.15) is 11.4 Å². The second-order valence-corrected chi connectivity index (χ2v) is 5.52. The Hall–Kier alpha value is -1.25. The monoisotopic (exact) mass is 235 g/mol. The Kier molecular flexibility index (Phi) is 3.27. The molecule has 1 aromatic rings. The molecule has 3 heteroatoms. The summed E-state index contributed by atoms with van der Waals surface area (Å²) in [6.45, 7) is 8.20. The fourth-order valence-electron chi connectivity index (χ4n) is 1.55. The van der Waals surface area contributed by atoms with Crippen LogP contribution in [0, 0.1) is 0 Å². The van der Waals surface area contributed by atoms with E-state index in [0.29, 0.717) is 6.10 Å². The lowest BCUT2D eigenvalue weighted by molar-refractivity contribution is 0.122. The molecule has 0 atom stereocenters. The first-order valence-corrected chi connectivity index (χ1v) is 6.32. The van der Waals surface area contributed by atoms with E-state index in [9.17, 15) is 0 Å². The van der Waals surface area contributed by atoms with Crippen molar-refractivity contribution >= 4 is 0 Å². The number of aryl methyl sites for hydroxylation is 1. The van der Waals surface area contributed by atoms with Gasteiger partial charge >= 0.3 is 0 Å². The summed E-state index contributed by atoms with van der Waals surface area (Å²) >= 11 is 0. The van der Waals surface area contributed by atoms with E-state index in [4.69, 9.17) is 9.47 Å². The fraction of sp³-hybridized carbons (Fsp3) is 0.643.